The summed E-state index contributed by atoms with van der Waals surface area (Å²) in [6.45, 7) is 7.62. The van der Waals surface area contributed by atoms with Gasteiger partial charge < -0.3 is 15.0 Å². The molecule has 0 aliphatic carbocycles. The van der Waals surface area contributed by atoms with E-state index in [0.717, 1.165) is 16.9 Å². The highest BCUT2D eigenvalue weighted by atomic mass is 16.4. The summed E-state index contributed by atoms with van der Waals surface area (Å²) in [5.41, 5.74) is 2.20. The Bertz CT molecular complexity index is 741. The molecule has 6 heteroatoms. The fourth-order valence-corrected chi connectivity index (χ4v) is 2.31. The largest absolute Gasteiger partial charge is 0.481 e. The Hall–Kier alpha value is -2.37. The molecule has 22 heavy (non-hydrogen) atoms. The summed E-state index contributed by atoms with van der Waals surface area (Å²) in [6.07, 6.45) is 0. The Morgan fingerprint density at radius 2 is 1.95 bits per heavy atom. The van der Waals surface area contributed by atoms with E-state index in [9.17, 15) is 9.59 Å². The second-order valence-corrected chi connectivity index (χ2v) is 6.50. The van der Waals surface area contributed by atoms with Crippen LogP contribution in [0.3, 0.4) is 0 Å². The second-order valence-electron chi connectivity index (χ2n) is 6.50. The van der Waals surface area contributed by atoms with Crippen molar-refractivity contribution in [1.29, 1.82) is 0 Å². The molecule has 0 fully saturated rings. The van der Waals surface area contributed by atoms with Crippen LogP contribution in [0.1, 0.15) is 33.5 Å². The van der Waals surface area contributed by atoms with Crippen LogP contribution in [0.4, 0.5) is 5.69 Å². The third-order valence-corrected chi connectivity index (χ3v) is 3.58. The van der Waals surface area contributed by atoms with Gasteiger partial charge in [-0.3, -0.25) is 9.59 Å². The molecule has 0 radical (unpaired) electrons. The standard InChI is InChI=1S/C16H21N3O3/c1-9(14(21)22)13(20)17-10-6-7-12-11(8-10)18-15(19(12)5)16(2,3)4/h6-9H,1-5H3,(H,17,20)(H,21,22). The molecule has 0 bridgehead atoms. The molecule has 1 aromatic carbocycles. The van der Waals surface area contributed by atoms with Crippen LogP contribution < -0.4 is 5.32 Å². The number of aliphatic carboxylic acids is 1. The molecule has 0 saturated carbocycles. The third-order valence-electron chi connectivity index (χ3n) is 3.58. The van der Waals surface area contributed by atoms with E-state index in [0.29, 0.717) is 5.69 Å². The lowest BCUT2D eigenvalue weighted by Crippen LogP contribution is -2.26. The molecule has 1 unspecified atom stereocenters. The number of aromatic nitrogens is 2. The molecular weight excluding hydrogens is 282 g/mol. The number of anilines is 1. The highest BCUT2D eigenvalue weighted by Gasteiger charge is 2.23. The number of imidazole rings is 1. The van der Waals surface area contributed by atoms with Gasteiger partial charge in [-0.25, -0.2) is 4.98 Å². The number of benzene rings is 1. The summed E-state index contributed by atoms with van der Waals surface area (Å²) in [7, 11) is 1.96. The van der Waals surface area contributed by atoms with Crippen LogP contribution in [-0.4, -0.2) is 26.5 Å². The molecule has 0 saturated heterocycles. The third kappa shape index (κ3) is 2.95. The van der Waals surface area contributed by atoms with Gasteiger partial charge in [0, 0.05) is 18.2 Å². The van der Waals surface area contributed by atoms with Crippen LogP contribution >= 0.6 is 0 Å². The van der Waals surface area contributed by atoms with Crippen molar-refractivity contribution in [2.24, 2.45) is 13.0 Å². The number of carbonyl (C=O) groups excluding carboxylic acids is 1. The zero-order chi connectivity index (χ0) is 16.7. The molecule has 118 valence electrons. The monoisotopic (exact) mass is 303 g/mol. The quantitative estimate of drug-likeness (QED) is 0.853. The summed E-state index contributed by atoms with van der Waals surface area (Å²) in [5.74, 6) is -1.83. The van der Waals surface area contributed by atoms with E-state index in [1.165, 1.54) is 6.92 Å². The molecule has 2 aromatic rings. The van der Waals surface area contributed by atoms with Gasteiger partial charge >= 0.3 is 5.97 Å². The average molecular weight is 303 g/mol. The Morgan fingerprint density at radius 1 is 1.32 bits per heavy atom. The molecule has 2 N–H and O–H groups in total. The molecule has 6 nitrogen and oxygen atoms in total. The van der Waals surface area contributed by atoms with Crippen molar-refractivity contribution < 1.29 is 14.7 Å². The number of nitrogens with zero attached hydrogens (tertiary/aromatic N) is 2. The van der Waals surface area contributed by atoms with Gasteiger partial charge in [0.15, 0.2) is 0 Å². The van der Waals surface area contributed by atoms with E-state index in [1.807, 2.05) is 17.7 Å². The normalized spacial score (nSPS) is 13.1. The number of carboxylic acids is 1. The van der Waals surface area contributed by atoms with Crippen molar-refractivity contribution >= 4 is 28.6 Å². The molecular formula is C16H21N3O3. The van der Waals surface area contributed by atoms with E-state index < -0.39 is 17.8 Å². The molecule has 1 aromatic heterocycles. The van der Waals surface area contributed by atoms with Crippen LogP contribution in [0.25, 0.3) is 11.0 Å². The van der Waals surface area contributed by atoms with Crippen molar-refractivity contribution in [3.63, 3.8) is 0 Å². The Balaban J connectivity index is 2.36. The maximum absolute atomic E-state index is 11.8. The van der Waals surface area contributed by atoms with Crippen molar-refractivity contribution in [2.75, 3.05) is 5.32 Å². The number of carbonyl (C=O) groups is 2. The molecule has 0 aliphatic heterocycles. The van der Waals surface area contributed by atoms with Crippen molar-refractivity contribution in [2.45, 2.75) is 33.1 Å². The molecule has 2 rings (SSSR count). The van der Waals surface area contributed by atoms with Gasteiger partial charge in [0.1, 0.15) is 11.7 Å². The molecule has 0 aliphatic rings. The first-order chi connectivity index (χ1) is 10.1. The van der Waals surface area contributed by atoms with Crippen LogP contribution in [0.5, 0.6) is 0 Å². The first kappa shape index (κ1) is 16.0. The first-order valence-corrected chi connectivity index (χ1v) is 7.12. The maximum atomic E-state index is 11.8. The minimum atomic E-state index is -1.15. The summed E-state index contributed by atoms with van der Waals surface area (Å²) < 4.78 is 2.03. The van der Waals surface area contributed by atoms with Gasteiger partial charge in [-0.15, -0.1) is 0 Å². The summed E-state index contributed by atoms with van der Waals surface area (Å²) in [4.78, 5) is 27.3. The van der Waals surface area contributed by atoms with Crippen molar-refractivity contribution in [3.05, 3.63) is 24.0 Å². The predicted molar refractivity (Wildman–Crippen MR) is 84.8 cm³/mol. The lowest BCUT2D eigenvalue weighted by molar-refractivity contribution is -0.144. The fourth-order valence-electron chi connectivity index (χ4n) is 2.31. The summed E-state index contributed by atoms with van der Waals surface area (Å²) >= 11 is 0. The topological polar surface area (TPSA) is 84.2 Å². The van der Waals surface area contributed by atoms with E-state index in [4.69, 9.17) is 5.11 Å². The van der Waals surface area contributed by atoms with E-state index in [-0.39, 0.29) is 5.41 Å². The number of carboxylic acid groups (broad SMARTS) is 1. The number of hydrogen-bond acceptors (Lipinski definition) is 3. The Kier molecular flexibility index (Phi) is 3.96. The zero-order valence-electron chi connectivity index (χ0n) is 13.5. The predicted octanol–water partition coefficient (Wildman–Crippen LogP) is 2.53. The van der Waals surface area contributed by atoms with Gasteiger partial charge in [0.05, 0.1) is 11.0 Å². The number of hydrogen-bond donors (Lipinski definition) is 2. The number of fused-ring (bicyclic) bond motifs is 1. The minimum absolute atomic E-state index is 0.0883. The lowest BCUT2D eigenvalue weighted by atomic mass is 9.96. The molecule has 1 atom stereocenters. The lowest BCUT2D eigenvalue weighted by Gasteiger charge is -2.17. The SMILES string of the molecule is CC(C(=O)O)C(=O)Nc1ccc2c(c1)nc(C(C)(C)C)n2C. The Morgan fingerprint density at radius 3 is 2.50 bits per heavy atom. The van der Waals surface area contributed by atoms with Crippen molar-refractivity contribution in [1.82, 2.24) is 9.55 Å². The maximum Gasteiger partial charge on any atom is 0.315 e. The zero-order valence-corrected chi connectivity index (χ0v) is 13.5. The summed E-state index contributed by atoms with van der Waals surface area (Å²) in [5, 5.41) is 11.5. The van der Waals surface area contributed by atoms with Crippen molar-refractivity contribution in [3.8, 4) is 0 Å². The van der Waals surface area contributed by atoms with Gasteiger partial charge in [0.2, 0.25) is 5.91 Å². The van der Waals surface area contributed by atoms with Crippen LogP contribution in [0, 0.1) is 5.92 Å². The molecule has 1 heterocycles. The molecule has 1 amide bonds. The van der Waals surface area contributed by atoms with E-state index >= 15 is 0 Å². The number of rotatable bonds is 3. The van der Waals surface area contributed by atoms with E-state index in [1.54, 1.807) is 12.1 Å². The van der Waals surface area contributed by atoms with Crippen LogP contribution in [0.2, 0.25) is 0 Å². The highest BCUT2D eigenvalue weighted by molar-refractivity contribution is 6.04. The smallest absolute Gasteiger partial charge is 0.315 e. The van der Waals surface area contributed by atoms with Gasteiger partial charge in [-0.1, -0.05) is 20.8 Å². The number of nitrogens with one attached hydrogen (secondary N) is 1. The second kappa shape index (κ2) is 5.44. The first-order valence-electron chi connectivity index (χ1n) is 7.12. The van der Waals surface area contributed by atoms with Gasteiger partial charge in [-0.2, -0.15) is 0 Å². The van der Waals surface area contributed by atoms with Gasteiger partial charge in [-0.05, 0) is 25.1 Å². The van der Waals surface area contributed by atoms with Crippen LogP contribution in [-0.2, 0) is 22.1 Å². The van der Waals surface area contributed by atoms with E-state index in [2.05, 4.69) is 31.1 Å². The Labute approximate surface area is 129 Å². The molecule has 0 spiro atoms. The highest BCUT2D eigenvalue weighted by Crippen LogP contribution is 2.27. The fraction of sp³-hybridized carbons (Fsp3) is 0.438. The van der Waals surface area contributed by atoms with Gasteiger partial charge in [0.25, 0.3) is 0 Å². The number of amides is 1. The minimum Gasteiger partial charge on any atom is -0.481 e. The number of aryl methyl sites for hydroxylation is 1. The average Bonchev–Trinajstić information content (AvgIpc) is 2.74. The summed E-state index contributed by atoms with van der Waals surface area (Å²) in [6, 6.07) is 5.39. The van der Waals surface area contributed by atoms with Crippen LogP contribution in [0.15, 0.2) is 18.2 Å².